The average molecular weight is 273 g/mol. The van der Waals surface area contributed by atoms with E-state index in [1.165, 1.54) is 11.1 Å². The number of aryl methyl sites for hydroxylation is 1. The quantitative estimate of drug-likeness (QED) is 0.900. The maximum absolute atomic E-state index is 12.7. The SMILES string of the molecule is C[C@@H]1OCC[C@]1(C)NC(=O)[C@H]1CCCc2ccccc21. The molecule has 1 heterocycles. The predicted octanol–water partition coefficient (Wildman–Crippen LogP) is 2.79. The Morgan fingerprint density at radius 1 is 1.40 bits per heavy atom. The first-order valence-electron chi connectivity index (χ1n) is 7.61. The van der Waals surface area contributed by atoms with Crippen LogP contribution in [0.4, 0.5) is 0 Å². The highest BCUT2D eigenvalue weighted by molar-refractivity contribution is 5.85. The fourth-order valence-corrected chi connectivity index (χ4v) is 3.39. The van der Waals surface area contributed by atoms with Gasteiger partial charge in [0.05, 0.1) is 17.6 Å². The van der Waals surface area contributed by atoms with Crippen molar-refractivity contribution in [3.8, 4) is 0 Å². The van der Waals surface area contributed by atoms with Crippen LogP contribution in [0.2, 0.25) is 0 Å². The van der Waals surface area contributed by atoms with E-state index in [0.717, 1.165) is 32.3 Å². The van der Waals surface area contributed by atoms with Crippen LogP contribution >= 0.6 is 0 Å². The highest BCUT2D eigenvalue weighted by Gasteiger charge is 2.40. The molecule has 1 aliphatic carbocycles. The molecule has 0 bridgehead atoms. The largest absolute Gasteiger partial charge is 0.376 e. The first-order chi connectivity index (χ1) is 9.60. The van der Waals surface area contributed by atoms with E-state index in [2.05, 4.69) is 30.4 Å². The number of amides is 1. The Hall–Kier alpha value is -1.35. The van der Waals surface area contributed by atoms with Crippen molar-refractivity contribution in [1.82, 2.24) is 5.32 Å². The molecule has 1 aromatic rings. The molecule has 1 amide bonds. The van der Waals surface area contributed by atoms with E-state index in [9.17, 15) is 4.79 Å². The summed E-state index contributed by atoms with van der Waals surface area (Å²) in [6.45, 7) is 4.87. The topological polar surface area (TPSA) is 38.3 Å². The summed E-state index contributed by atoms with van der Waals surface area (Å²) < 4.78 is 5.61. The summed E-state index contributed by atoms with van der Waals surface area (Å²) in [4.78, 5) is 12.7. The molecule has 3 nitrogen and oxygen atoms in total. The van der Waals surface area contributed by atoms with Crippen LogP contribution < -0.4 is 5.32 Å². The van der Waals surface area contributed by atoms with Crippen molar-refractivity contribution < 1.29 is 9.53 Å². The van der Waals surface area contributed by atoms with Gasteiger partial charge < -0.3 is 10.1 Å². The van der Waals surface area contributed by atoms with Gasteiger partial charge in [-0.3, -0.25) is 4.79 Å². The molecular weight excluding hydrogens is 250 g/mol. The Balaban J connectivity index is 1.79. The van der Waals surface area contributed by atoms with E-state index in [4.69, 9.17) is 4.74 Å². The van der Waals surface area contributed by atoms with Gasteiger partial charge in [0.15, 0.2) is 0 Å². The molecule has 0 saturated carbocycles. The van der Waals surface area contributed by atoms with Gasteiger partial charge >= 0.3 is 0 Å². The smallest absolute Gasteiger partial charge is 0.228 e. The summed E-state index contributed by atoms with van der Waals surface area (Å²) in [6, 6.07) is 8.36. The zero-order valence-corrected chi connectivity index (χ0v) is 12.3. The van der Waals surface area contributed by atoms with Crippen molar-refractivity contribution in [1.29, 1.82) is 0 Å². The first kappa shape index (κ1) is 13.6. The molecule has 1 N–H and O–H groups in total. The number of hydrogen-bond acceptors (Lipinski definition) is 2. The van der Waals surface area contributed by atoms with Gasteiger partial charge in [0.25, 0.3) is 0 Å². The zero-order chi connectivity index (χ0) is 14.2. The van der Waals surface area contributed by atoms with Gasteiger partial charge in [0, 0.05) is 6.61 Å². The molecule has 1 aromatic carbocycles. The fraction of sp³-hybridized carbons (Fsp3) is 0.588. The van der Waals surface area contributed by atoms with Crippen LogP contribution in [0, 0.1) is 0 Å². The minimum Gasteiger partial charge on any atom is -0.376 e. The molecule has 1 fully saturated rings. The van der Waals surface area contributed by atoms with Gasteiger partial charge in [-0.1, -0.05) is 24.3 Å². The Bertz CT molecular complexity index is 513. The lowest BCUT2D eigenvalue weighted by molar-refractivity contribution is -0.125. The molecule has 3 atom stereocenters. The van der Waals surface area contributed by atoms with Gasteiger partial charge in [0.1, 0.15) is 0 Å². The molecule has 1 saturated heterocycles. The van der Waals surface area contributed by atoms with E-state index in [0.29, 0.717) is 0 Å². The third-order valence-corrected chi connectivity index (χ3v) is 4.98. The maximum atomic E-state index is 12.7. The van der Waals surface area contributed by atoms with Crippen molar-refractivity contribution >= 4 is 5.91 Å². The maximum Gasteiger partial charge on any atom is 0.228 e. The summed E-state index contributed by atoms with van der Waals surface area (Å²) >= 11 is 0. The molecule has 1 aliphatic heterocycles. The number of carbonyl (C=O) groups excluding carboxylic acids is 1. The standard InChI is InChI=1S/C17H23NO2/c1-12-17(2,10-11-20-12)18-16(19)15-9-5-7-13-6-3-4-8-14(13)15/h3-4,6,8,12,15H,5,7,9-11H2,1-2H3,(H,18,19)/t12-,15-,17-/m0/s1. The molecule has 0 aromatic heterocycles. The third-order valence-electron chi connectivity index (χ3n) is 4.98. The molecule has 108 valence electrons. The number of nitrogens with one attached hydrogen (secondary N) is 1. The van der Waals surface area contributed by atoms with Gasteiger partial charge in [-0.2, -0.15) is 0 Å². The highest BCUT2D eigenvalue weighted by atomic mass is 16.5. The van der Waals surface area contributed by atoms with Crippen LogP contribution in [0.15, 0.2) is 24.3 Å². The summed E-state index contributed by atoms with van der Waals surface area (Å²) in [5, 5.41) is 3.25. The van der Waals surface area contributed by atoms with Crippen LogP contribution in [-0.4, -0.2) is 24.2 Å². The van der Waals surface area contributed by atoms with Crippen molar-refractivity contribution in [2.45, 2.75) is 57.1 Å². The van der Waals surface area contributed by atoms with Crippen molar-refractivity contribution in [3.63, 3.8) is 0 Å². The van der Waals surface area contributed by atoms with Crippen LogP contribution in [0.1, 0.15) is 50.2 Å². The number of hydrogen-bond donors (Lipinski definition) is 1. The number of ether oxygens (including phenoxy) is 1. The zero-order valence-electron chi connectivity index (χ0n) is 12.3. The molecule has 0 unspecified atom stereocenters. The lowest BCUT2D eigenvalue weighted by atomic mass is 9.81. The predicted molar refractivity (Wildman–Crippen MR) is 78.7 cm³/mol. The molecule has 0 radical (unpaired) electrons. The van der Waals surface area contributed by atoms with Crippen LogP contribution in [-0.2, 0) is 16.0 Å². The number of carbonyl (C=O) groups is 1. The van der Waals surface area contributed by atoms with E-state index in [-0.39, 0.29) is 23.5 Å². The Labute approximate surface area is 120 Å². The lowest BCUT2D eigenvalue weighted by Gasteiger charge is -2.32. The molecule has 3 heteroatoms. The van der Waals surface area contributed by atoms with E-state index >= 15 is 0 Å². The lowest BCUT2D eigenvalue weighted by Crippen LogP contribution is -2.52. The van der Waals surface area contributed by atoms with Crippen molar-refractivity contribution in [2.75, 3.05) is 6.61 Å². The Kier molecular flexibility index (Phi) is 3.55. The van der Waals surface area contributed by atoms with Crippen LogP contribution in [0.3, 0.4) is 0 Å². The number of benzene rings is 1. The molecule has 0 spiro atoms. The second kappa shape index (κ2) is 5.21. The second-order valence-electron chi connectivity index (χ2n) is 6.31. The van der Waals surface area contributed by atoms with Crippen molar-refractivity contribution in [2.24, 2.45) is 0 Å². The highest BCUT2D eigenvalue weighted by Crippen LogP contribution is 2.33. The van der Waals surface area contributed by atoms with Gasteiger partial charge in [-0.05, 0) is 50.7 Å². The third kappa shape index (κ3) is 2.35. The normalized spacial score (nSPS) is 32.7. The summed E-state index contributed by atoms with van der Waals surface area (Å²) in [5.74, 6) is 0.168. The molecule has 20 heavy (non-hydrogen) atoms. The van der Waals surface area contributed by atoms with Gasteiger partial charge in [-0.25, -0.2) is 0 Å². The van der Waals surface area contributed by atoms with Gasteiger partial charge in [-0.15, -0.1) is 0 Å². The minimum atomic E-state index is -0.219. The second-order valence-corrected chi connectivity index (χ2v) is 6.31. The van der Waals surface area contributed by atoms with Crippen molar-refractivity contribution in [3.05, 3.63) is 35.4 Å². The number of fused-ring (bicyclic) bond motifs is 1. The van der Waals surface area contributed by atoms with E-state index < -0.39 is 0 Å². The summed E-state index contributed by atoms with van der Waals surface area (Å²) in [7, 11) is 0. The van der Waals surface area contributed by atoms with Crippen LogP contribution in [0.25, 0.3) is 0 Å². The van der Waals surface area contributed by atoms with E-state index in [1.54, 1.807) is 0 Å². The summed E-state index contributed by atoms with van der Waals surface area (Å²) in [6.07, 6.45) is 4.13. The van der Waals surface area contributed by atoms with E-state index in [1.807, 2.05) is 13.0 Å². The Morgan fingerprint density at radius 2 is 2.20 bits per heavy atom. The van der Waals surface area contributed by atoms with Crippen LogP contribution in [0.5, 0.6) is 0 Å². The van der Waals surface area contributed by atoms with Gasteiger partial charge in [0.2, 0.25) is 5.91 Å². The molecular formula is C17H23NO2. The minimum absolute atomic E-state index is 0.00424. The first-order valence-corrected chi connectivity index (χ1v) is 7.61. The Morgan fingerprint density at radius 3 is 2.95 bits per heavy atom. The average Bonchev–Trinajstić information content (AvgIpc) is 2.77. The fourth-order valence-electron chi connectivity index (χ4n) is 3.39. The molecule has 3 rings (SSSR count). The number of rotatable bonds is 2. The molecule has 2 aliphatic rings. The summed E-state index contributed by atoms with van der Waals surface area (Å²) in [5.41, 5.74) is 2.33. The monoisotopic (exact) mass is 273 g/mol.